The summed E-state index contributed by atoms with van der Waals surface area (Å²) >= 11 is 0. The third-order valence-electron chi connectivity index (χ3n) is 4.03. The van der Waals surface area contributed by atoms with Gasteiger partial charge in [-0.15, -0.1) is 0 Å². The predicted molar refractivity (Wildman–Crippen MR) is 90.3 cm³/mol. The average molecular weight is 311 g/mol. The van der Waals surface area contributed by atoms with Crippen LogP contribution in [0.2, 0.25) is 0 Å². The number of esters is 1. The number of hydrogen-bond acceptors (Lipinski definition) is 5. The molecule has 1 rings (SSSR count). The van der Waals surface area contributed by atoms with Gasteiger partial charge in [-0.1, -0.05) is 33.3 Å². The Labute approximate surface area is 135 Å². The molecular formula is C17H33N3O2. The summed E-state index contributed by atoms with van der Waals surface area (Å²) in [6.45, 7) is 12.6. The quantitative estimate of drug-likeness (QED) is 0.361. The monoisotopic (exact) mass is 311 g/mol. The molecule has 0 saturated carbocycles. The van der Waals surface area contributed by atoms with Gasteiger partial charge in [0.1, 0.15) is 0 Å². The van der Waals surface area contributed by atoms with E-state index in [1.54, 1.807) is 0 Å². The Hall–Kier alpha value is -0.910. The Morgan fingerprint density at radius 2 is 2.00 bits per heavy atom. The number of carbonyl (C=O) groups excluding carboxylic acids is 1. The van der Waals surface area contributed by atoms with Crippen molar-refractivity contribution in [2.24, 2.45) is 0 Å². The molecule has 1 unspecified atom stereocenters. The average Bonchev–Trinajstić information content (AvgIpc) is 2.55. The number of ether oxygens (including phenoxy) is 1. The van der Waals surface area contributed by atoms with Crippen molar-refractivity contribution < 1.29 is 9.53 Å². The molecule has 1 aliphatic heterocycles. The van der Waals surface area contributed by atoms with Gasteiger partial charge >= 0.3 is 5.97 Å². The van der Waals surface area contributed by atoms with Gasteiger partial charge in [0, 0.05) is 19.2 Å². The maximum atomic E-state index is 11.0. The highest BCUT2D eigenvalue weighted by Crippen LogP contribution is 2.13. The van der Waals surface area contributed by atoms with Crippen molar-refractivity contribution in [1.82, 2.24) is 15.1 Å². The number of carbonyl (C=O) groups is 1. The summed E-state index contributed by atoms with van der Waals surface area (Å²) in [6, 6.07) is 0. The third kappa shape index (κ3) is 7.38. The van der Waals surface area contributed by atoms with Gasteiger partial charge in [0.05, 0.1) is 26.1 Å². The Morgan fingerprint density at radius 3 is 2.68 bits per heavy atom. The first-order valence-electron chi connectivity index (χ1n) is 8.70. The normalized spacial score (nSPS) is 20.0. The van der Waals surface area contributed by atoms with Crippen LogP contribution in [0.5, 0.6) is 0 Å². The second-order valence-electron chi connectivity index (χ2n) is 5.95. The van der Waals surface area contributed by atoms with E-state index in [4.69, 9.17) is 4.74 Å². The van der Waals surface area contributed by atoms with Crippen LogP contribution >= 0.6 is 0 Å². The van der Waals surface area contributed by atoms with Crippen LogP contribution in [-0.2, 0) is 9.53 Å². The van der Waals surface area contributed by atoms with Crippen LogP contribution in [0.1, 0.15) is 52.4 Å². The maximum Gasteiger partial charge on any atom is 0.330 e. The van der Waals surface area contributed by atoms with Crippen LogP contribution in [0.3, 0.4) is 0 Å². The fraction of sp³-hybridized carbons (Fsp3) is 0.824. The van der Waals surface area contributed by atoms with Gasteiger partial charge < -0.3 is 4.74 Å². The molecule has 1 fully saturated rings. The van der Waals surface area contributed by atoms with Crippen LogP contribution in [0.15, 0.2) is 12.7 Å². The van der Waals surface area contributed by atoms with E-state index in [0.717, 1.165) is 39.3 Å². The summed E-state index contributed by atoms with van der Waals surface area (Å²) < 4.78 is 5.06. The molecule has 1 atom stereocenters. The number of nitrogens with one attached hydrogen (secondary N) is 1. The van der Waals surface area contributed by atoms with Gasteiger partial charge in [-0.05, 0) is 25.7 Å². The molecule has 1 heterocycles. The van der Waals surface area contributed by atoms with Crippen molar-refractivity contribution in [3.05, 3.63) is 12.7 Å². The number of rotatable bonds is 11. The summed E-state index contributed by atoms with van der Waals surface area (Å²) in [5.41, 5.74) is 0. The minimum Gasteiger partial charge on any atom is -0.463 e. The standard InChI is InChI=1S/C17H33N3O2/c1-4-7-11-19-14-18-16(20(15-19)12-8-5-2)10-9-13-22-17(21)6-3/h6,16,18H,3-5,7-15H2,1-2H3. The highest BCUT2D eigenvalue weighted by atomic mass is 16.5. The molecule has 0 amide bonds. The van der Waals surface area contributed by atoms with E-state index >= 15 is 0 Å². The van der Waals surface area contributed by atoms with E-state index in [9.17, 15) is 4.79 Å². The molecule has 0 aromatic carbocycles. The molecule has 0 bridgehead atoms. The predicted octanol–water partition coefficient (Wildman–Crippen LogP) is 2.54. The van der Waals surface area contributed by atoms with Crippen molar-refractivity contribution in [3.63, 3.8) is 0 Å². The van der Waals surface area contributed by atoms with Gasteiger partial charge in [-0.3, -0.25) is 15.1 Å². The Bertz CT molecular complexity index is 323. The molecule has 1 saturated heterocycles. The molecule has 0 aromatic rings. The number of hydrogen-bond donors (Lipinski definition) is 1. The van der Waals surface area contributed by atoms with E-state index in [1.165, 1.54) is 31.8 Å². The zero-order valence-electron chi connectivity index (χ0n) is 14.4. The molecule has 128 valence electrons. The van der Waals surface area contributed by atoms with Crippen LogP contribution in [0.4, 0.5) is 0 Å². The molecule has 1 aliphatic rings. The second kappa shape index (κ2) is 11.6. The lowest BCUT2D eigenvalue weighted by Crippen LogP contribution is -2.59. The second-order valence-corrected chi connectivity index (χ2v) is 5.95. The summed E-state index contributed by atoms with van der Waals surface area (Å²) in [5.74, 6) is -0.329. The van der Waals surface area contributed by atoms with E-state index < -0.39 is 0 Å². The zero-order chi connectivity index (χ0) is 16.2. The first-order valence-corrected chi connectivity index (χ1v) is 8.70. The van der Waals surface area contributed by atoms with E-state index in [0.29, 0.717) is 12.8 Å². The summed E-state index contributed by atoms with van der Waals surface area (Å²) in [5, 5.41) is 3.63. The Kier molecular flexibility index (Phi) is 10.1. The Morgan fingerprint density at radius 1 is 1.27 bits per heavy atom. The van der Waals surface area contributed by atoms with Gasteiger partial charge in [0.25, 0.3) is 0 Å². The Balaban J connectivity index is 2.35. The van der Waals surface area contributed by atoms with Crippen molar-refractivity contribution in [2.75, 3.05) is 33.0 Å². The van der Waals surface area contributed by atoms with E-state index in [2.05, 4.69) is 35.5 Å². The van der Waals surface area contributed by atoms with Gasteiger partial charge in [0.2, 0.25) is 0 Å². The van der Waals surface area contributed by atoms with Crippen molar-refractivity contribution in [2.45, 2.75) is 58.5 Å². The highest BCUT2D eigenvalue weighted by molar-refractivity contribution is 5.81. The number of nitrogens with zero attached hydrogens (tertiary/aromatic N) is 2. The van der Waals surface area contributed by atoms with Crippen molar-refractivity contribution in [3.8, 4) is 0 Å². The van der Waals surface area contributed by atoms with Crippen LogP contribution < -0.4 is 5.32 Å². The fourth-order valence-corrected chi connectivity index (χ4v) is 2.68. The molecule has 0 aliphatic carbocycles. The lowest BCUT2D eigenvalue weighted by molar-refractivity contribution is -0.138. The fourth-order valence-electron chi connectivity index (χ4n) is 2.68. The minimum absolute atomic E-state index is 0.329. The lowest BCUT2D eigenvalue weighted by atomic mass is 10.2. The molecule has 5 heteroatoms. The van der Waals surface area contributed by atoms with Crippen molar-refractivity contribution >= 4 is 5.97 Å². The first-order chi connectivity index (χ1) is 10.7. The largest absolute Gasteiger partial charge is 0.463 e. The first kappa shape index (κ1) is 19.1. The summed E-state index contributed by atoms with van der Waals surface area (Å²) in [6.07, 6.45) is 8.45. The van der Waals surface area contributed by atoms with Gasteiger partial charge in [-0.2, -0.15) is 0 Å². The molecule has 5 nitrogen and oxygen atoms in total. The molecule has 0 aromatic heterocycles. The lowest BCUT2D eigenvalue weighted by Gasteiger charge is -2.42. The number of unbranched alkanes of at least 4 members (excludes halogenated alkanes) is 2. The van der Waals surface area contributed by atoms with Gasteiger partial charge in [0.15, 0.2) is 0 Å². The van der Waals surface area contributed by atoms with E-state index in [-0.39, 0.29) is 5.97 Å². The molecule has 1 N–H and O–H groups in total. The molecule has 0 radical (unpaired) electrons. The van der Waals surface area contributed by atoms with Gasteiger partial charge in [-0.25, -0.2) is 4.79 Å². The SMILES string of the molecule is C=CC(=O)OCCCC1NCN(CCCC)CN1CCCC. The summed E-state index contributed by atoms with van der Waals surface area (Å²) in [7, 11) is 0. The maximum absolute atomic E-state index is 11.0. The van der Waals surface area contributed by atoms with Crippen LogP contribution in [0.25, 0.3) is 0 Å². The van der Waals surface area contributed by atoms with Crippen LogP contribution in [0, 0.1) is 0 Å². The topological polar surface area (TPSA) is 44.8 Å². The van der Waals surface area contributed by atoms with Crippen molar-refractivity contribution in [1.29, 1.82) is 0 Å². The molecule has 0 spiro atoms. The van der Waals surface area contributed by atoms with Crippen LogP contribution in [-0.4, -0.2) is 55.0 Å². The molecular weight excluding hydrogens is 278 g/mol. The van der Waals surface area contributed by atoms with E-state index in [1.807, 2.05) is 0 Å². The third-order valence-corrected chi connectivity index (χ3v) is 4.03. The molecule has 22 heavy (non-hydrogen) atoms. The minimum atomic E-state index is -0.329. The smallest absolute Gasteiger partial charge is 0.330 e. The highest BCUT2D eigenvalue weighted by Gasteiger charge is 2.24. The zero-order valence-corrected chi connectivity index (χ0v) is 14.4. The summed E-state index contributed by atoms with van der Waals surface area (Å²) in [4.78, 5) is 16.0.